The molecule has 0 radical (unpaired) electrons. The molecule has 0 atom stereocenters. The van der Waals surface area contributed by atoms with Gasteiger partial charge in [-0.15, -0.1) is 5.73 Å². The van der Waals surface area contributed by atoms with E-state index in [4.69, 9.17) is 0 Å². The quantitative estimate of drug-likeness (QED) is 0.470. The maximum Gasteiger partial charge on any atom is 0.0500 e. The van der Waals surface area contributed by atoms with E-state index >= 15 is 0 Å². The average Bonchev–Trinajstić information content (AvgIpc) is 3.10. The number of hydrogen-bond donors (Lipinski definition) is 0. The second-order valence-electron chi connectivity index (χ2n) is 6.98. The molecule has 124 valence electrons. The smallest absolute Gasteiger partial charge is 0.0500 e. The summed E-state index contributed by atoms with van der Waals surface area (Å²) in [6.07, 6.45) is 4.16. The second kappa shape index (κ2) is 5.62. The number of allylic oxidation sites excluding steroid dienone is 2. The molecular weight excluding hydrogens is 314 g/mol. The molecule has 3 aromatic carbocycles. The van der Waals surface area contributed by atoms with Crippen LogP contribution in [0, 0.1) is 6.92 Å². The monoisotopic (exact) mass is 333 g/mol. The predicted octanol–water partition coefficient (Wildman–Crippen LogP) is 6.33. The topological polar surface area (TPSA) is 3.24 Å². The first-order valence-electron chi connectivity index (χ1n) is 8.93. The number of nitrogens with zero attached hydrogens (tertiary/aromatic N) is 1. The number of fused-ring (bicyclic) bond motifs is 3. The second-order valence-corrected chi connectivity index (χ2v) is 6.98. The Kier molecular flexibility index (Phi) is 3.25. The molecule has 1 heteroatoms. The van der Waals surface area contributed by atoms with Gasteiger partial charge in [0.2, 0.25) is 0 Å². The van der Waals surface area contributed by atoms with Crippen molar-refractivity contribution < 1.29 is 0 Å². The van der Waals surface area contributed by atoms with Crippen molar-refractivity contribution in [3.63, 3.8) is 0 Å². The van der Waals surface area contributed by atoms with Crippen LogP contribution in [0.2, 0.25) is 0 Å². The third-order valence-corrected chi connectivity index (χ3v) is 5.33. The Morgan fingerprint density at radius 1 is 0.923 bits per heavy atom. The van der Waals surface area contributed by atoms with Gasteiger partial charge >= 0.3 is 0 Å². The van der Waals surface area contributed by atoms with Gasteiger partial charge in [-0.25, -0.2) is 0 Å². The van der Waals surface area contributed by atoms with Gasteiger partial charge in [-0.2, -0.15) is 0 Å². The first-order valence-corrected chi connectivity index (χ1v) is 8.93. The Hall–Kier alpha value is -3.28. The lowest BCUT2D eigenvalue weighted by molar-refractivity contribution is 1.07. The van der Waals surface area contributed by atoms with E-state index in [1.165, 1.54) is 44.4 Å². The highest BCUT2D eigenvalue weighted by molar-refractivity contribution is 6.05. The summed E-state index contributed by atoms with van der Waals surface area (Å²) in [6.45, 7) is 7.43. The summed E-state index contributed by atoms with van der Waals surface area (Å²) in [7, 11) is 0. The van der Waals surface area contributed by atoms with E-state index in [9.17, 15) is 0 Å². The zero-order valence-electron chi connectivity index (χ0n) is 14.8. The highest BCUT2D eigenvalue weighted by atomic mass is 15.1. The minimum Gasteiger partial charge on any atom is -0.336 e. The molecule has 0 N–H and O–H groups in total. The van der Waals surface area contributed by atoms with E-state index in [-0.39, 0.29) is 0 Å². The highest BCUT2D eigenvalue weighted by Crippen LogP contribution is 2.44. The number of hydrogen-bond acceptors (Lipinski definition) is 1. The van der Waals surface area contributed by atoms with Crippen molar-refractivity contribution in [3.8, 4) is 0 Å². The van der Waals surface area contributed by atoms with Crippen LogP contribution in [-0.4, -0.2) is 6.54 Å². The van der Waals surface area contributed by atoms with Crippen molar-refractivity contribution in [3.05, 3.63) is 107 Å². The van der Waals surface area contributed by atoms with Gasteiger partial charge in [0.25, 0.3) is 0 Å². The SMILES string of the molecule is C=C1C2=C(C=C=C2)CN(c2ccc(C)cc2)c2ccc3ccccc3c21. The Labute approximate surface area is 153 Å². The van der Waals surface area contributed by atoms with Crippen LogP contribution in [0.15, 0.2) is 96.3 Å². The molecule has 1 nitrogen and oxygen atoms in total. The van der Waals surface area contributed by atoms with Gasteiger partial charge in [-0.3, -0.25) is 0 Å². The number of benzene rings is 3. The fourth-order valence-corrected chi connectivity index (χ4v) is 3.96. The minimum atomic E-state index is 0.826. The highest BCUT2D eigenvalue weighted by Gasteiger charge is 2.25. The fourth-order valence-electron chi connectivity index (χ4n) is 3.96. The maximum atomic E-state index is 4.47. The normalized spacial score (nSPS) is 15.4. The molecule has 0 spiro atoms. The van der Waals surface area contributed by atoms with E-state index in [1.54, 1.807) is 0 Å². The number of anilines is 2. The molecule has 2 aliphatic rings. The summed E-state index contributed by atoms with van der Waals surface area (Å²) in [5.41, 5.74) is 11.8. The first-order chi connectivity index (χ1) is 12.7. The molecule has 0 saturated carbocycles. The fraction of sp³-hybridized carbons (Fsp3) is 0.0800. The van der Waals surface area contributed by atoms with Crippen LogP contribution in [0.3, 0.4) is 0 Å². The van der Waals surface area contributed by atoms with E-state index < -0.39 is 0 Å². The molecule has 0 saturated heterocycles. The van der Waals surface area contributed by atoms with Crippen molar-refractivity contribution in [1.82, 2.24) is 0 Å². The predicted molar refractivity (Wildman–Crippen MR) is 111 cm³/mol. The summed E-state index contributed by atoms with van der Waals surface area (Å²) in [6, 6.07) is 21.8. The van der Waals surface area contributed by atoms with E-state index in [0.29, 0.717) is 0 Å². The molecule has 1 aliphatic heterocycles. The third kappa shape index (κ3) is 2.19. The zero-order chi connectivity index (χ0) is 17.7. The van der Waals surface area contributed by atoms with Crippen LogP contribution in [0.25, 0.3) is 16.3 Å². The molecule has 0 aromatic heterocycles. The van der Waals surface area contributed by atoms with Crippen molar-refractivity contribution in [2.24, 2.45) is 0 Å². The zero-order valence-corrected chi connectivity index (χ0v) is 14.8. The molecule has 0 bridgehead atoms. The average molecular weight is 333 g/mol. The van der Waals surface area contributed by atoms with Crippen molar-refractivity contribution in [2.45, 2.75) is 6.92 Å². The van der Waals surface area contributed by atoms with Gasteiger partial charge in [-0.05, 0) is 64.8 Å². The van der Waals surface area contributed by atoms with Crippen LogP contribution < -0.4 is 4.90 Å². The molecule has 0 fully saturated rings. The van der Waals surface area contributed by atoms with Crippen LogP contribution >= 0.6 is 0 Å². The van der Waals surface area contributed by atoms with Crippen LogP contribution in [0.1, 0.15) is 11.1 Å². The van der Waals surface area contributed by atoms with Crippen LogP contribution in [0.4, 0.5) is 11.4 Å². The molecule has 26 heavy (non-hydrogen) atoms. The van der Waals surface area contributed by atoms with Crippen LogP contribution in [-0.2, 0) is 0 Å². The molecule has 1 aliphatic carbocycles. The number of aryl methyl sites for hydroxylation is 1. The standard InChI is InChI=1S/C25H19N/c1-17-10-13-21(14-11-17)26-16-20-7-5-9-22(20)18(2)25-23-8-4-3-6-19(23)12-15-24(25)26/h3-4,6-15H,2,16H2,1H3. The first kappa shape index (κ1) is 15.0. The maximum absolute atomic E-state index is 4.47. The lowest BCUT2D eigenvalue weighted by Gasteiger charge is -2.27. The number of rotatable bonds is 1. The Bertz CT molecular complexity index is 1150. The molecular formula is C25H19N. The summed E-state index contributed by atoms with van der Waals surface area (Å²) in [4.78, 5) is 2.39. The Balaban J connectivity index is 1.82. The van der Waals surface area contributed by atoms with Gasteiger partial charge in [0.1, 0.15) is 0 Å². The van der Waals surface area contributed by atoms with Gasteiger partial charge in [0, 0.05) is 23.5 Å². The Morgan fingerprint density at radius 3 is 2.58 bits per heavy atom. The molecule has 5 rings (SSSR count). The summed E-state index contributed by atoms with van der Waals surface area (Å²) >= 11 is 0. The molecule has 0 amide bonds. The molecule has 3 aromatic rings. The van der Waals surface area contributed by atoms with Gasteiger partial charge in [0.05, 0.1) is 0 Å². The van der Waals surface area contributed by atoms with Gasteiger partial charge in [0.15, 0.2) is 0 Å². The minimum absolute atomic E-state index is 0.826. The summed E-state index contributed by atoms with van der Waals surface area (Å²) in [5.74, 6) is 0. The van der Waals surface area contributed by atoms with E-state index in [0.717, 1.165) is 12.1 Å². The van der Waals surface area contributed by atoms with Gasteiger partial charge in [-0.1, -0.05) is 54.6 Å². The summed E-state index contributed by atoms with van der Waals surface area (Å²) in [5, 5.41) is 2.50. The van der Waals surface area contributed by atoms with Crippen LogP contribution in [0.5, 0.6) is 0 Å². The molecule has 0 unspecified atom stereocenters. The van der Waals surface area contributed by atoms with Gasteiger partial charge < -0.3 is 4.90 Å². The van der Waals surface area contributed by atoms with E-state index in [2.05, 4.69) is 96.9 Å². The summed E-state index contributed by atoms with van der Waals surface area (Å²) < 4.78 is 0. The van der Waals surface area contributed by atoms with Crippen molar-refractivity contribution in [2.75, 3.05) is 11.4 Å². The Morgan fingerprint density at radius 2 is 1.73 bits per heavy atom. The third-order valence-electron chi connectivity index (χ3n) is 5.33. The van der Waals surface area contributed by atoms with Crippen molar-refractivity contribution >= 4 is 27.7 Å². The largest absolute Gasteiger partial charge is 0.336 e. The van der Waals surface area contributed by atoms with E-state index in [1.807, 2.05) is 0 Å². The van der Waals surface area contributed by atoms with Crippen molar-refractivity contribution in [1.29, 1.82) is 0 Å². The molecule has 1 heterocycles. The lowest BCUT2D eigenvalue weighted by Crippen LogP contribution is -2.19. The lowest BCUT2D eigenvalue weighted by atomic mass is 9.92.